The number of aliphatic hydroxyl groups is 1. The fourth-order valence-electron chi connectivity index (χ4n) is 3.58. The molecule has 1 amide bonds. The highest BCUT2D eigenvalue weighted by molar-refractivity contribution is 5.89. The van der Waals surface area contributed by atoms with Crippen LogP contribution < -0.4 is 4.74 Å². The molecular formula is C19H26N2O3. The van der Waals surface area contributed by atoms with E-state index in [0.717, 1.165) is 47.9 Å². The van der Waals surface area contributed by atoms with Gasteiger partial charge in [-0.1, -0.05) is 12.8 Å². The van der Waals surface area contributed by atoms with Crippen LogP contribution in [-0.4, -0.2) is 47.7 Å². The lowest BCUT2D eigenvalue weighted by Gasteiger charge is -2.31. The van der Waals surface area contributed by atoms with Crippen LogP contribution in [0, 0.1) is 5.92 Å². The molecule has 1 aromatic carbocycles. The summed E-state index contributed by atoms with van der Waals surface area (Å²) >= 11 is 0. The topological polar surface area (TPSA) is 65.6 Å². The number of carbonyl (C=O) groups excluding carboxylic acids is 1. The van der Waals surface area contributed by atoms with Gasteiger partial charge in [0.05, 0.1) is 19.6 Å². The van der Waals surface area contributed by atoms with Gasteiger partial charge in [0.2, 0.25) is 5.91 Å². The number of likely N-dealkylation sites (N-methyl/N-ethyl adjacent to an activating group) is 1. The first kappa shape index (κ1) is 16.8. The molecule has 0 radical (unpaired) electrons. The van der Waals surface area contributed by atoms with E-state index in [9.17, 15) is 9.90 Å². The minimum Gasteiger partial charge on any atom is -0.497 e. The molecule has 5 heteroatoms. The number of carbonyl (C=O) groups is 1. The van der Waals surface area contributed by atoms with Crippen LogP contribution in [0.25, 0.3) is 10.9 Å². The third-order valence-corrected chi connectivity index (χ3v) is 5.12. The summed E-state index contributed by atoms with van der Waals surface area (Å²) in [5.41, 5.74) is 1.98. The second-order valence-corrected chi connectivity index (χ2v) is 6.79. The van der Waals surface area contributed by atoms with E-state index < -0.39 is 0 Å². The third-order valence-electron chi connectivity index (χ3n) is 5.12. The fourth-order valence-corrected chi connectivity index (χ4v) is 3.58. The number of H-pyrrole nitrogens is 1. The van der Waals surface area contributed by atoms with Gasteiger partial charge < -0.3 is 19.7 Å². The Balaban J connectivity index is 1.67. The summed E-state index contributed by atoms with van der Waals surface area (Å²) in [6.07, 6.45) is 6.07. The van der Waals surface area contributed by atoms with Crippen LogP contribution in [0.3, 0.4) is 0 Å². The molecule has 0 bridgehead atoms. The molecule has 1 saturated carbocycles. The lowest BCUT2D eigenvalue weighted by atomic mass is 9.86. The van der Waals surface area contributed by atoms with Crippen molar-refractivity contribution in [2.24, 2.45) is 5.92 Å². The van der Waals surface area contributed by atoms with Crippen LogP contribution in [0.1, 0.15) is 31.2 Å². The number of methoxy groups -OCH3 is 1. The molecule has 0 spiro atoms. The first-order valence-electron chi connectivity index (χ1n) is 8.64. The van der Waals surface area contributed by atoms with Gasteiger partial charge in [-0.15, -0.1) is 0 Å². The van der Waals surface area contributed by atoms with E-state index in [1.807, 2.05) is 31.4 Å². The highest BCUT2D eigenvalue weighted by atomic mass is 16.5. The molecule has 1 aromatic heterocycles. The van der Waals surface area contributed by atoms with E-state index in [0.29, 0.717) is 13.0 Å². The first-order valence-corrected chi connectivity index (χ1v) is 8.64. The highest BCUT2D eigenvalue weighted by Gasteiger charge is 2.25. The van der Waals surface area contributed by atoms with Crippen LogP contribution >= 0.6 is 0 Å². The fraction of sp³-hybridized carbons (Fsp3) is 0.526. The molecule has 24 heavy (non-hydrogen) atoms. The van der Waals surface area contributed by atoms with Crippen LogP contribution in [-0.2, 0) is 11.2 Å². The molecule has 2 aromatic rings. The zero-order valence-electron chi connectivity index (χ0n) is 14.4. The molecule has 1 aliphatic carbocycles. The van der Waals surface area contributed by atoms with Gasteiger partial charge in [-0.25, -0.2) is 0 Å². The van der Waals surface area contributed by atoms with Gasteiger partial charge >= 0.3 is 0 Å². The molecule has 2 N–H and O–H groups in total. The van der Waals surface area contributed by atoms with Crippen LogP contribution in [0.4, 0.5) is 0 Å². The van der Waals surface area contributed by atoms with Crippen molar-refractivity contribution in [1.82, 2.24) is 9.88 Å². The SMILES string of the molecule is COc1ccc2[nH]cc(CC(=O)N(C)CC3CCCCC3O)c2c1. The van der Waals surface area contributed by atoms with E-state index in [1.165, 1.54) is 0 Å². The van der Waals surface area contributed by atoms with E-state index in [4.69, 9.17) is 4.74 Å². The number of hydrogen-bond donors (Lipinski definition) is 2. The number of aromatic nitrogens is 1. The Bertz CT molecular complexity index is 710. The van der Waals surface area contributed by atoms with Crippen molar-refractivity contribution in [3.8, 4) is 5.75 Å². The minimum absolute atomic E-state index is 0.0801. The lowest BCUT2D eigenvalue weighted by molar-refractivity contribution is -0.130. The zero-order valence-corrected chi connectivity index (χ0v) is 14.4. The molecule has 3 rings (SSSR count). The van der Waals surface area contributed by atoms with Crippen LogP contribution in [0.2, 0.25) is 0 Å². The number of hydrogen-bond acceptors (Lipinski definition) is 3. The Kier molecular flexibility index (Phi) is 5.09. The highest BCUT2D eigenvalue weighted by Crippen LogP contribution is 2.26. The van der Waals surface area contributed by atoms with Crippen molar-refractivity contribution in [3.63, 3.8) is 0 Å². The van der Waals surface area contributed by atoms with Gasteiger partial charge in [0, 0.05) is 36.6 Å². The normalized spacial score (nSPS) is 21.0. The summed E-state index contributed by atoms with van der Waals surface area (Å²) in [6, 6.07) is 5.82. The quantitative estimate of drug-likeness (QED) is 0.886. The standard InChI is InChI=1S/C19H26N2O3/c1-21(12-13-5-3-4-6-18(13)22)19(23)9-14-11-20-17-8-7-15(24-2)10-16(14)17/h7-8,10-11,13,18,20,22H,3-6,9,12H2,1-2H3. The number of benzene rings is 1. The summed E-state index contributed by atoms with van der Waals surface area (Å²) < 4.78 is 5.27. The number of fused-ring (bicyclic) bond motifs is 1. The van der Waals surface area contributed by atoms with Crippen LogP contribution in [0.5, 0.6) is 5.75 Å². The molecule has 2 atom stereocenters. The molecule has 1 fully saturated rings. The van der Waals surface area contributed by atoms with Crippen molar-refractivity contribution < 1.29 is 14.6 Å². The largest absolute Gasteiger partial charge is 0.497 e. The molecule has 1 heterocycles. The van der Waals surface area contributed by atoms with Crippen LogP contribution in [0.15, 0.2) is 24.4 Å². The molecule has 0 aliphatic heterocycles. The zero-order chi connectivity index (χ0) is 17.1. The van der Waals surface area contributed by atoms with Gasteiger partial charge in [-0.05, 0) is 36.6 Å². The van der Waals surface area contributed by atoms with E-state index in [2.05, 4.69) is 4.98 Å². The summed E-state index contributed by atoms with van der Waals surface area (Å²) in [6.45, 7) is 0.631. The second kappa shape index (κ2) is 7.26. The van der Waals surface area contributed by atoms with E-state index >= 15 is 0 Å². The number of rotatable bonds is 5. The second-order valence-electron chi connectivity index (χ2n) is 6.79. The van der Waals surface area contributed by atoms with Crippen molar-refractivity contribution in [1.29, 1.82) is 0 Å². The molecular weight excluding hydrogens is 304 g/mol. The van der Waals surface area contributed by atoms with Gasteiger partial charge in [-0.3, -0.25) is 4.79 Å². The maximum Gasteiger partial charge on any atom is 0.226 e. The molecule has 130 valence electrons. The predicted molar refractivity (Wildman–Crippen MR) is 94.2 cm³/mol. The van der Waals surface area contributed by atoms with Crippen molar-refractivity contribution >= 4 is 16.8 Å². The lowest BCUT2D eigenvalue weighted by Crippen LogP contribution is -2.38. The van der Waals surface area contributed by atoms with E-state index in [1.54, 1.807) is 12.0 Å². The Morgan fingerprint density at radius 2 is 2.17 bits per heavy atom. The smallest absolute Gasteiger partial charge is 0.226 e. The van der Waals surface area contributed by atoms with Gasteiger partial charge in [0.1, 0.15) is 5.75 Å². The number of ether oxygens (including phenoxy) is 1. The van der Waals surface area contributed by atoms with E-state index in [-0.39, 0.29) is 17.9 Å². The average Bonchev–Trinajstić information content (AvgIpc) is 2.99. The Morgan fingerprint density at radius 1 is 1.38 bits per heavy atom. The molecule has 1 aliphatic rings. The maximum atomic E-state index is 12.6. The number of amides is 1. The molecule has 5 nitrogen and oxygen atoms in total. The summed E-state index contributed by atoms with van der Waals surface area (Å²) in [5.74, 6) is 1.07. The third kappa shape index (κ3) is 3.56. The monoisotopic (exact) mass is 330 g/mol. The summed E-state index contributed by atoms with van der Waals surface area (Å²) in [5, 5.41) is 11.1. The molecule has 0 saturated heterocycles. The Morgan fingerprint density at radius 3 is 2.92 bits per heavy atom. The van der Waals surface area contributed by atoms with Crippen molar-refractivity contribution in [2.45, 2.75) is 38.2 Å². The number of nitrogens with one attached hydrogen (secondary N) is 1. The van der Waals surface area contributed by atoms with Crippen molar-refractivity contribution in [2.75, 3.05) is 20.7 Å². The maximum absolute atomic E-state index is 12.6. The molecule has 2 unspecified atom stereocenters. The minimum atomic E-state index is -0.272. The van der Waals surface area contributed by atoms with Gasteiger partial charge in [0.15, 0.2) is 0 Å². The predicted octanol–water partition coefficient (Wildman–Crippen LogP) is 2.73. The first-order chi connectivity index (χ1) is 11.6. The number of nitrogens with zero attached hydrogens (tertiary/aromatic N) is 1. The van der Waals surface area contributed by atoms with Gasteiger partial charge in [-0.2, -0.15) is 0 Å². The number of aliphatic hydroxyl groups excluding tert-OH is 1. The summed E-state index contributed by atoms with van der Waals surface area (Å²) in [4.78, 5) is 17.6. The summed E-state index contributed by atoms with van der Waals surface area (Å²) in [7, 11) is 3.47. The average molecular weight is 330 g/mol. The van der Waals surface area contributed by atoms with Crippen molar-refractivity contribution in [3.05, 3.63) is 30.0 Å². The number of aromatic amines is 1. The Hall–Kier alpha value is -2.01. The van der Waals surface area contributed by atoms with Gasteiger partial charge in [0.25, 0.3) is 0 Å². The Labute approximate surface area is 142 Å².